The van der Waals surface area contributed by atoms with E-state index in [0.29, 0.717) is 17.8 Å². The van der Waals surface area contributed by atoms with E-state index in [9.17, 15) is 4.79 Å². The van der Waals surface area contributed by atoms with Crippen molar-refractivity contribution in [2.24, 2.45) is 0 Å². The van der Waals surface area contributed by atoms with Gasteiger partial charge >= 0.3 is 0 Å². The minimum Gasteiger partial charge on any atom is -0.373 e. The highest BCUT2D eigenvalue weighted by Crippen LogP contribution is 2.42. The fourth-order valence-electron chi connectivity index (χ4n) is 3.67. The molecule has 2 fully saturated rings. The van der Waals surface area contributed by atoms with Gasteiger partial charge in [-0.2, -0.15) is 0 Å². The standard InChI is InChI=1S/C15H18N4O2/c20-14-12-13(17-7-6-16-12)18-10-19(14)11-8-15(21-9-11)4-2-1-3-5-15/h6-7,10-11H,1-5,8-9H2/t11-/m0/s1. The van der Waals surface area contributed by atoms with Crippen molar-refractivity contribution in [2.75, 3.05) is 6.61 Å². The topological polar surface area (TPSA) is 69.9 Å². The monoisotopic (exact) mass is 286 g/mol. The Balaban J connectivity index is 1.68. The van der Waals surface area contributed by atoms with Crippen molar-refractivity contribution in [1.82, 2.24) is 19.5 Å². The second kappa shape index (κ2) is 4.87. The first-order valence-corrected chi connectivity index (χ1v) is 7.59. The highest BCUT2D eigenvalue weighted by molar-refractivity contribution is 5.66. The molecule has 6 nitrogen and oxygen atoms in total. The summed E-state index contributed by atoms with van der Waals surface area (Å²) >= 11 is 0. The van der Waals surface area contributed by atoms with Crippen LogP contribution < -0.4 is 5.56 Å². The second-order valence-electron chi connectivity index (χ2n) is 6.10. The van der Waals surface area contributed by atoms with Gasteiger partial charge in [0.05, 0.1) is 18.2 Å². The van der Waals surface area contributed by atoms with Crippen LogP contribution in [-0.4, -0.2) is 31.7 Å². The Morgan fingerprint density at radius 2 is 1.95 bits per heavy atom. The van der Waals surface area contributed by atoms with Gasteiger partial charge < -0.3 is 4.74 Å². The summed E-state index contributed by atoms with van der Waals surface area (Å²) in [5.74, 6) is 0. The Hall–Kier alpha value is -1.82. The van der Waals surface area contributed by atoms with Gasteiger partial charge in [-0.1, -0.05) is 19.3 Å². The largest absolute Gasteiger partial charge is 0.373 e. The van der Waals surface area contributed by atoms with Crippen LogP contribution in [0, 0.1) is 0 Å². The van der Waals surface area contributed by atoms with E-state index in [4.69, 9.17) is 4.74 Å². The van der Waals surface area contributed by atoms with Crippen LogP contribution in [-0.2, 0) is 4.74 Å². The van der Waals surface area contributed by atoms with Gasteiger partial charge in [-0.05, 0) is 19.3 Å². The van der Waals surface area contributed by atoms with Crippen molar-refractivity contribution in [3.63, 3.8) is 0 Å². The molecule has 21 heavy (non-hydrogen) atoms. The van der Waals surface area contributed by atoms with E-state index >= 15 is 0 Å². The van der Waals surface area contributed by atoms with Crippen LogP contribution in [0.4, 0.5) is 0 Å². The van der Waals surface area contributed by atoms with Gasteiger partial charge in [-0.3, -0.25) is 9.36 Å². The molecule has 0 radical (unpaired) electrons. The smallest absolute Gasteiger partial charge is 0.281 e. The Kier molecular flexibility index (Phi) is 2.99. The van der Waals surface area contributed by atoms with E-state index in [0.717, 1.165) is 19.3 Å². The number of hydrogen-bond donors (Lipinski definition) is 0. The Morgan fingerprint density at radius 3 is 2.81 bits per heavy atom. The molecule has 1 saturated heterocycles. The van der Waals surface area contributed by atoms with E-state index in [-0.39, 0.29) is 17.2 Å². The van der Waals surface area contributed by atoms with Crippen LogP contribution in [0.5, 0.6) is 0 Å². The molecule has 2 aromatic rings. The van der Waals surface area contributed by atoms with Gasteiger partial charge in [0.15, 0.2) is 11.2 Å². The number of ether oxygens (including phenoxy) is 1. The summed E-state index contributed by atoms with van der Waals surface area (Å²) in [5.41, 5.74) is 0.615. The first kappa shape index (κ1) is 12.9. The number of hydrogen-bond acceptors (Lipinski definition) is 5. The van der Waals surface area contributed by atoms with Crippen molar-refractivity contribution < 1.29 is 4.74 Å². The first-order valence-electron chi connectivity index (χ1n) is 7.59. The SMILES string of the molecule is O=c1c2nccnc2ncn1[C@@H]1COC2(CCCCC2)C1. The number of fused-ring (bicyclic) bond motifs is 1. The zero-order valence-electron chi connectivity index (χ0n) is 11.9. The van der Waals surface area contributed by atoms with Gasteiger partial charge in [0.1, 0.15) is 6.33 Å². The maximum Gasteiger partial charge on any atom is 0.281 e. The molecule has 3 heterocycles. The summed E-state index contributed by atoms with van der Waals surface area (Å²) in [6.45, 7) is 0.591. The van der Waals surface area contributed by atoms with E-state index < -0.39 is 0 Å². The minimum atomic E-state index is -0.116. The highest BCUT2D eigenvalue weighted by atomic mass is 16.5. The number of aromatic nitrogens is 4. The summed E-state index contributed by atoms with van der Waals surface area (Å²) < 4.78 is 7.77. The van der Waals surface area contributed by atoms with Crippen molar-refractivity contribution in [3.05, 3.63) is 29.1 Å². The molecular formula is C15H18N4O2. The summed E-state index contributed by atoms with van der Waals surface area (Å²) in [6, 6.07) is 0.0644. The minimum absolute atomic E-state index is 0.0142. The summed E-state index contributed by atoms with van der Waals surface area (Å²) in [4.78, 5) is 25.0. The van der Waals surface area contributed by atoms with E-state index in [1.807, 2.05) is 0 Å². The molecule has 1 spiro atoms. The normalized spacial score (nSPS) is 24.7. The molecule has 0 amide bonds. The third-order valence-corrected chi connectivity index (χ3v) is 4.77. The highest BCUT2D eigenvalue weighted by Gasteiger charge is 2.42. The molecule has 1 atom stereocenters. The molecule has 0 N–H and O–H groups in total. The molecular weight excluding hydrogens is 268 g/mol. The number of nitrogens with zero attached hydrogens (tertiary/aromatic N) is 4. The Morgan fingerprint density at radius 1 is 1.14 bits per heavy atom. The third-order valence-electron chi connectivity index (χ3n) is 4.77. The van der Waals surface area contributed by atoms with Gasteiger partial charge in [-0.25, -0.2) is 15.0 Å². The molecule has 110 valence electrons. The summed E-state index contributed by atoms with van der Waals surface area (Å²) in [6.07, 6.45) is 11.5. The lowest BCUT2D eigenvalue weighted by atomic mass is 9.82. The zero-order chi connectivity index (χ0) is 14.3. The van der Waals surface area contributed by atoms with Crippen LogP contribution >= 0.6 is 0 Å². The van der Waals surface area contributed by atoms with Gasteiger partial charge in [0, 0.05) is 12.4 Å². The van der Waals surface area contributed by atoms with Gasteiger partial charge in [-0.15, -0.1) is 0 Å². The van der Waals surface area contributed by atoms with Crippen LogP contribution in [0.3, 0.4) is 0 Å². The van der Waals surface area contributed by atoms with Crippen molar-refractivity contribution >= 4 is 11.2 Å². The molecule has 4 rings (SSSR count). The quantitative estimate of drug-likeness (QED) is 0.800. The Bertz CT molecular complexity index is 721. The van der Waals surface area contributed by atoms with Crippen LogP contribution in [0.1, 0.15) is 44.6 Å². The molecule has 6 heteroatoms. The summed E-state index contributed by atoms with van der Waals surface area (Å²) in [7, 11) is 0. The fraction of sp³-hybridized carbons (Fsp3) is 0.600. The summed E-state index contributed by atoms with van der Waals surface area (Å²) in [5, 5.41) is 0. The van der Waals surface area contributed by atoms with Gasteiger partial charge in [0.2, 0.25) is 0 Å². The maximum atomic E-state index is 12.6. The van der Waals surface area contributed by atoms with Crippen LogP contribution in [0.2, 0.25) is 0 Å². The lowest BCUT2D eigenvalue weighted by molar-refractivity contribution is -0.0248. The molecule has 0 aromatic carbocycles. The van der Waals surface area contributed by atoms with Gasteiger partial charge in [0.25, 0.3) is 5.56 Å². The zero-order valence-corrected chi connectivity index (χ0v) is 11.9. The average Bonchev–Trinajstić information content (AvgIpc) is 2.92. The second-order valence-corrected chi connectivity index (χ2v) is 6.10. The van der Waals surface area contributed by atoms with Crippen LogP contribution in [0.15, 0.2) is 23.5 Å². The molecule has 0 unspecified atom stereocenters. The van der Waals surface area contributed by atoms with Crippen molar-refractivity contribution in [3.8, 4) is 0 Å². The first-order chi connectivity index (χ1) is 10.3. The average molecular weight is 286 g/mol. The molecule has 1 saturated carbocycles. The van der Waals surface area contributed by atoms with Crippen LogP contribution in [0.25, 0.3) is 11.2 Å². The van der Waals surface area contributed by atoms with Crippen molar-refractivity contribution in [2.45, 2.75) is 50.2 Å². The number of rotatable bonds is 1. The predicted molar refractivity (Wildman–Crippen MR) is 77.0 cm³/mol. The predicted octanol–water partition coefficient (Wildman–Crippen LogP) is 1.85. The molecule has 2 aliphatic rings. The lowest BCUT2D eigenvalue weighted by Gasteiger charge is -2.32. The Labute approximate surface area is 122 Å². The molecule has 2 aromatic heterocycles. The van der Waals surface area contributed by atoms with E-state index in [1.165, 1.54) is 25.5 Å². The molecule has 1 aliphatic carbocycles. The lowest BCUT2D eigenvalue weighted by Crippen LogP contribution is -2.31. The fourth-order valence-corrected chi connectivity index (χ4v) is 3.67. The van der Waals surface area contributed by atoms with E-state index in [1.54, 1.807) is 17.1 Å². The molecule has 0 bridgehead atoms. The third kappa shape index (κ3) is 2.14. The molecule has 1 aliphatic heterocycles. The van der Waals surface area contributed by atoms with E-state index in [2.05, 4.69) is 15.0 Å². The van der Waals surface area contributed by atoms with Crippen molar-refractivity contribution in [1.29, 1.82) is 0 Å². The maximum absolute atomic E-state index is 12.6.